The van der Waals surface area contributed by atoms with Crippen molar-refractivity contribution in [2.75, 3.05) is 46.0 Å². The van der Waals surface area contributed by atoms with Crippen molar-refractivity contribution in [2.45, 2.75) is 39.5 Å². The van der Waals surface area contributed by atoms with E-state index in [4.69, 9.17) is 9.90 Å². The lowest BCUT2D eigenvalue weighted by Gasteiger charge is -2.31. The van der Waals surface area contributed by atoms with E-state index in [0.717, 1.165) is 44.2 Å². The molecule has 1 fully saturated rings. The van der Waals surface area contributed by atoms with Gasteiger partial charge in [0.1, 0.15) is 0 Å². The number of benzene rings is 2. The topological polar surface area (TPSA) is 124 Å². The summed E-state index contributed by atoms with van der Waals surface area (Å²) in [6, 6.07) is 14.4. The van der Waals surface area contributed by atoms with Gasteiger partial charge >= 0.3 is 0 Å². The van der Waals surface area contributed by atoms with Gasteiger partial charge in [-0.1, -0.05) is 42.3 Å². The Hall–Kier alpha value is -3.24. The Labute approximate surface area is 221 Å². The van der Waals surface area contributed by atoms with Crippen LogP contribution in [-0.2, 0) is 19.4 Å². The van der Waals surface area contributed by atoms with Crippen molar-refractivity contribution in [3.05, 3.63) is 65.2 Å². The zero-order valence-electron chi connectivity index (χ0n) is 22.9. The molecule has 3 rings (SSSR count). The number of sulfone groups is 1. The number of aliphatic carboxylic acids is 1. The first kappa shape index (κ1) is 33.8. The second-order valence-electron chi connectivity index (χ2n) is 8.49. The van der Waals surface area contributed by atoms with Crippen LogP contribution in [0.1, 0.15) is 42.3 Å². The molecule has 2 aromatic rings. The van der Waals surface area contributed by atoms with Gasteiger partial charge in [-0.05, 0) is 45.2 Å². The molecule has 0 radical (unpaired) electrons. The quantitative estimate of drug-likeness (QED) is 0.619. The van der Waals surface area contributed by atoms with E-state index < -0.39 is 15.8 Å². The number of nitrogens with one attached hydrogen (secondary N) is 1. The molecule has 1 aliphatic heterocycles. The van der Waals surface area contributed by atoms with Crippen LogP contribution >= 0.6 is 0 Å². The molecule has 0 aromatic heterocycles. The fraction of sp³-hybridized carbons (Fsp3) is 0.444. The summed E-state index contributed by atoms with van der Waals surface area (Å²) >= 11 is 0. The van der Waals surface area contributed by atoms with E-state index in [2.05, 4.69) is 17.3 Å². The maximum atomic E-state index is 11.3. The van der Waals surface area contributed by atoms with Gasteiger partial charge in [0.05, 0.1) is 10.6 Å². The third-order valence-corrected chi connectivity index (χ3v) is 7.00. The van der Waals surface area contributed by atoms with Crippen LogP contribution in [-0.4, -0.2) is 87.1 Å². The fourth-order valence-electron chi connectivity index (χ4n) is 2.88. The number of hydrogen-bond acceptors (Lipinski definition) is 6. The predicted octanol–water partition coefficient (Wildman–Crippen LogP) is 3.01. The summed E-state index contributed by atoms with van der Waals surface area (Å²) in [5, 5.41) is 9.98. The van der Waals surface area contributed by atoms with Gasteiger partial charge in [-0.3, -0.25) is 14.4 Å². The Morgan fingerprint density at radius 3 is 1.62 bits per heavy atom. The first-order valence-electron chi connectivity index (χ1n) is 11.9. The van der Waals surface area contributed by atoms with Crippen LogP contribution in [0.4, 0.5) is 0 Å². The molecule has 0 bridgehead atoms. The van der Waals surface area contributed by atoms with Crippen molar-refractivity contribution in [1.82, 2.24) is 15.1 Å². The lowest BCUT2D eigenvalue weighted by atomic mass is 10.1. The lowest BCUT2D eigenvalue weighted by molar-refractivity contribution is -0.134. The van der Waals surface area contributed by atoms with Crippen LogP contribution in [0.2, 0.25) is 0 Å². The maximum Gasteiger partial charge on any atom is 0.300 e. The normalized spacial score (nSPS) is 12.9. The van der Waals surface area contributed by atoms with Gasteiger partial charge in [0.2, 0.25) is 5.91 Å². The van der Waals surface area contributed by atoms with E-state index in [1.54, 1.807) is 33.0 Å². The highest BCUT2D eigenvalue weighted by Crippen LogP contribution is 2.11. The first-order valence-corrected chi connectivity index (χ1v) is 13.6. The van der Waals surface area contributed by atoms with Gasteiger partial charge in [-0.2, -0.15) is 0 Å². The van der Waals surface area contributed by atoms with Crippen molar-refractivity contribution < 1.29 is 27.9 Å². The third kappa shape index (κ3) is 14.8. The minimum Gasteiger partial charge on any atom is -0.481 e. The summed E-state index contributed by atoms with van der Waals surface area (Å²) in [5.74, 6) is -0.506. The minimum absolute atomic E-state index is 0.0370. The van der Waals surface area contributed by atoms with Crippen LogP contribution in [0, 0.1) is 13.8 Å². The third-order valence-electron chi connectivity index (χ3n) is 5.25. The number of carboxylic acids is 1. The number of aryl methyl sites for hydroxylation is 2. The van der Waals surface area contributed by atoms with Crippen LogP contribution in [0.25, 0.3) is 0 Å². The Balaban J connectivity index is 0.000000491. The van der Waals surface area contributed by atoms with Gasteiger partial charge in [-0.15, -0.1) is 0 Å². The smallest absolute Gasteiger partial charge is 0.300 e. The molecule has 1 heterocycles. The average Bonchev–Trinajstić information content (AvgIpc) is 2.85. The average molecular weight is 536 g/mol. The largest absolute Gasteiger partial charge is 0.481 e. The number of carbonyl (C=O) groups is 3. The molecule has 2 N–H and O–H groups in total. The highest BCUT2D eigenvalue weighted by atomic mass is 32.2. The SMILES string of the molecule is CC(=O)N1CCN(C)CC1.CC(=O)O.CCS(=O)(=O)c1ccc(C)cc1.CNC(=O)c1ccc(C)cc1. The summed E-state index contributed by atoms with van der Waals surface area (Å²) in [4.78, 5) is 35.4. The van der Waals surface area contributed by atoms with E-state index >= 15 is 0 Å². The van der Waals surface area contributed by atoms with E-state index in [1.165, 1.54) is 0 Å². The highest BCUT2D eigenvalue weighted by Gasteiger charge is 2.14. The highest BCUT2D eigenvalue weighted by molar-refractivity contribution is 7.91. The van der Waals surface area contributed by atoms with Gasteiger partial charge in [0.15, 0.2) is 9.84 Å². The van der Waals surface area contributed by atoms with E-state index in [-0.39, 0.29) is 17.6 Å². The Kier molecular flexibility index (Phi) is 15.7. The minimum atomic E-state index is -3.01. The number of hydrogen-bond donors (Lipinski definition) is 2. The van der Waals surface area contributed by atoms with Gasteiger partial charge in [-0.25, -0.2) is 8.42 Å². The molecule has 9 nitrogen and oxygen atoms in total. The number of carbonyl (C=O) groups excluding carboxylic acids is 2. The van der Waals surface area contributed by atoms with Crippen molar-refractivity contribution in [3.8, 4) is 0 Å². The second-order valence-corrected chi connectivity index (χ2v) is 10.8. The summed E-state index contributed by atoms with van der Waals surface area (Å²) < 4.78 is 22.6. The van der Waals surface area contributed by atoms with Crippen molar-refractivity contribution in [2.24, 2.45) is 0 Å². The van der Waals surface area contributed by atoms with Crippen molar-refractivity contribution in [1.29, 1.82) is 0 Å². The standard InChI is InChI=1S/C9H11NO.C9H12O2S.C7H14N2O.C2H4O2/c1-7-3-5-8(6-4-7)9(11)10-2;1-3-12(10,11)9-6-4-8(2)5-7-9;1-7(10)9-5-3-8(2)4-6-9;1-2(3)4/h3-6H,1-2H3,(H,10,11);4-7H,3H2,1-2H3;3-6H2,1-2H3;1H3,(H,3,4). The summed E-state index contributed by atoms with van der Waals surface area (Å²) in [6.45, 7) is 12.1. The molecule has 0 aliphatic carbocycles. The molecule has 2 aromatic carbocycles. The molecule has 1 aliphatic rings. The molecule has 0 unspecified atom stereocenters. The van der Waals surface area contributed by atoms with Crippen LogP contribution < -0.4 is 5.32 Å². The molecule has 0 spiro atoms. The van der Waals surface area contributed by atoms with Crippen molar-refractivity contribution in [3.63, 3.8) is 0 Å². The molecular weight excluding hydrogens is 494 g/mol. The number of rotatable bonds is 3. The van der Waals surface area contributed by atoms with E-state index in [1.807, 2.05) is 55.1 Å². The van der Waals surface area contributed by atoms with E-state index in [9.17, 15) is 18.0 Å². The monoisotopic (exact) mass is 535 g/mol. The Morgan fingerprint density at radius 2 is 1.27 bits per heavy atom. The van der Waals surface area contributed by atoms with Crippen LogP contribution in [0.3, 0.4) is 0 Å². The first-order chi connectivity index (χ1) is 17.2. The molecule has 0 saturated carbocycles. The number of nitrogens with zero attached hydrogens (tertiary/aromatic N) is 2. The zero-order valence-corrected chi connectivity index (χ0v) is 23.8. The maximum absolute atomic E-state index is 11.3. The van der Waals surface area contributed by atoms with Gasteiger partial charge in [0.25, 0.3) is 11.9 Å². The molecule has 37 heavy (non-hydrogen) atoms. The molecule has 1 saturated heterocycles. The van der Waals surface area contributed by atoms with Crippen molar-refractivity contribution >= 4 is 27.6 Å². The number of amides is 2. The molecule has 2 amide bonds. The lowest BCUT2D eigenvalue weighted by Crippen LogP contribution is -2.46. The predicted molar refractivity (Wildman–Crippen MR) is 147 cm³/mol. The van der Waals surface area contributed by atoms with Gasteiger partial charge < -0.3 is 20.2 Å². The molecule has 206 valence electrons. The summed E-state index contributed by atoms with van der Waals surface area (Å²) in [6.07, 6.45) is 0. The second kappa shape index (κ2) is 17.3. The van der Waals surface area contributed by atoms with Gasteiger partial charge in [0, 0.05) is 52.6 Å². The summed E-state index contributed by atoms with van der Waals surface area (Å²) in [7, 11) is 0.693. The summed E-state index contributed by atoms with van der Waals surface area (Å²) in [5.41, 5.74) is 2.95. The number of likely N-dealkylation sites (N-methyl/N-ethyl adjacent to an activating group) is 1. The molecule has 0 atom stereocenters. The molecule has 10 heteroatoms. The zero-order chi connectivity index (χ0) is 28.6. The van der Waals surface area contributed by atoms with Crippen LogP contribution in [0.5, 0.6) is 0 Å². The Bertz CT molecular complexity index is 1070. The number of carboxylic acid groups (broad SMARTS) is 1. The van der Waals surface area contributed by atoms with E-state index in [0.29, 0.717) is 10.5 Å². The Morgan fingerprint density at radius 1 is 0.865 bits per heavy atom. The molecular formula is C27H41N3O6S. The number of piperazine rings is 1. The fourth-order valence-corrected chi connectivity index (χ4v) is 3.77. The van der Waals surface area contributed by atoms with Crippen LogP contribution in [0.15, 0.2) is 53.4 Å².